The zero-order chi connectivity index (χ0) is 9.00. The van der Waals surface area contributed by atoms with Crippen LogP contribution in [-0.4, -0.2) is 12.5 Å². The molecule has 0 heterocycles. The highest BCUT2D eigenvalue weighted by Crippen LogP contribution is 2.60. The lowest BCUT2D eigenvalue weighted by Crippen LogP contribution is -2.27. The molecule has 0 aromatic carbocycles. The molecule has 0 spiro atoms. The van der Waals surface area contributed by atoms with Gasteiger partial charge in [-0.2, -0.15) is 0 Å². The van der Waals surface area contributed by atoms with Gasteiger partial charge in [-0.05, 0) is 43.1 Å². The Hall–Kier alpha value is -0.170. The van der Waals surface area contributed by atoms with Gasteiger partial charge in [0, 0.05) is 11.3 Å². The molecule has 3 aliphatic carbocycles. The van der Waals surface area contributed by atoms with Crippen LogP contribution in [0.3, 0.4) is 0 Å². The molecule has 3 aliphatic rings. The Morgan fingerprint density at radius 1 is 1.38 bits per heavy atom. The second kappa shape index (κ2) is 2.66. The minimum atomic E-state index is 0.419. The van der Waals surface area contributed by atoms with Crippen LogP contribution < -0.4 is 0 Å². The fraction of sp³-hybridized carbons (Fsp3) is 0.818. The molecule has 0 aromatic heterocycles. The van der Waals surface area contributed by atoms with Crippen molar-refractivity contribution >= 4 is 11.6 Å². The van der Waals surface area contributed by atoms with Crippen molar-refractivity contribution in [2.45, 2.75) is 24.6 Å². The third-order valence-corrected chi connectivity index (χ3v) is 4.75. The Morgan fingerprint density at radius 2 is 2.23 bits per heavy atom. The molecule has 2 heteroatoms. The molecule has 2 fully saturated rings. The van der Waals surface area contributed by atoms with Crippen molar-refractivity contribution in [1.82, 2.24) is 0 Å². The molecule has 2 bridgehead atoms. The maximum absolute atomic E-state index is 6.31. The molecule has 3 rings (SSSR count). The van der Waals surface area contributed by atoms with Gasteiger partial charge in [-0.15, -0.1) is 11.6 Å². The van der Waals surface area contributed by atoms with Crippen molar-refractivity contribution < 1.29 is 4.74 Å². The molecule has 1 nitrogen and oxygen atoms in total. The number of rotatable bonds is 1. The summed E-state index contributed by atoms with van der Waals surface area (Å²) in [5, 5.41) is 0.419. The summed E-state index contributed by atoms with van der Waals surface area (Å²) in [6.45, 7) is 0. The number of alkyl halides is 1. The smallest absolute Gasteiger partial charge is 0.0952 e. The zero-order valence-electron chi connectivity index (χ0n) is 7.87. The molecule has 13 heavy (non-hydrogen) atoms. The van der Waals surface area contributed by atoms with Gasteiger partial charge in [0.25, 0.3) is 0 Å². The van der Waals surface area contributed by atoms with Gasteiger partial charge in [0.2, 0.25) is 0 Å². The Balaban J connectivity index is 1.90. The van der Waals surface area contributed by atoms with Crippen LogP contribution in [0.25, 0.3) is 0 Å². The predicted molar refractivity (Wildman–Crippen MR) is 52.5 cm³/mol. The normalized spacial score (nSPS) is 52.2. The first-order chi connectivity index (χ1) is 6.31. The zero-order valence-corrected chi connectivity index (χ0v) is 8.63. The van der Waals surface area contributed by atoms with E-state index in [0.29, 0.717) is 17.2 Å². The summed E-state index contributed by atoms with van der Waals surface area (Å²) >= 11 is 6.31. The SMILES string of the molecule is COC1=CC[C@@H]2[C@@H]3C[C@H]([C@H]12)[C@H](Cl)C3. The van der Waals surface area contributed by atoms with E-state index in [2.05, 4.69) is 6.08 Å². The van der Waals surface area contributed by atoms with Crippen molar-refractivity contribution in [1.29, 1.82) is 0 Å². The number of ether oxygens (including phenoxy) is 1. The lowest BCUT2D eigenvalue weighted by molar-refractivity contribution is 0.182. The summed E-state index contributed by atoms with van der Waals surface area (Å²) in [5.41, 5.74) is 0. The lowest BCUT2D eigenvalue weighted by Gasteiger charge is -2.29. The van der Waals surface area contributed by atoms with Gasteiger partial charge in [-0.25, -0.2) is 0 Å². The molecule has 72 valence electrons. The standard InChI is InChI=1S/C11H15ClO/c1-13-10-3-2-7-6-4-8(11(7)10)9(12)5-6/h3,6-9,11H,2,4-5H2,1H3/t6-,7-,8+,9-,11-/m1/s1. The summed E-state index contributed by atoms with van der Waals surface area (Å²) in [6.07, 6.45) is 6.12. The number of hydrogen-bond acceptors (Lipinski definition) is 1. The quantitative estimate of drug-likeness (QED) is 0.589. The highest BCUT2D eigenvalue weighted by Gasteiger charge is 2.55. The van der Waals surface area contributed by atoms with E-state index >= 15 is 0 Å². The Morgan fingerprint density at radius 3 is 3.00 bits per heavy atom. The van der Waals surface area contributed by atoms with Crippen LogP contribution in [0.1, 0.15) is 19.3 Å². The van der Waals surface area contributed by atoms with E-state index in [1.165, 1.54) is 25.0 Å². The van der Waals surface area contributed by atoms with Crippen LogP contribution in [0.2, 0.25) is 0 Å². The number of fused-ring (bicyclic) bond motifs is 5. The minimum absolute atomic E-state index is 0.419. The van der Waals surface area contributed by atoms with E-state index in [4.69, 9.17) is 16.3 Å². The molecule has 0 amide bonds. The van der Waals surface area contributed by atoms with Crippen molar-refractivity contribution in [2.75, 3.05) is 7.11 Å². The molecule has 5 atom stereocenters. The average molecular weight is 199 g/mol. The van der Waals surface area contributed by atoms with Crippen LogP contribution in [0.4, 0.5) is 0 Å². The van der Waals surface area contributed by atoms with Crippen LogP contribution in [0.5, 0.6) is 0 Å². The molecule has 2 saturated carbocycles. The fourth-order valence-corrected chi connectivity index (χ4v) is 4.25. The maximum atomic E-state index is 6.31. The van der Waals surface area contributed by atoms with Gasteiger partial charge in [0.15, 0.2) is 0 Å². The monoisotopic (exact) mass is 198 g/mol. The first-order valence-electron chi connectivity index (χ1n) is 5.19. The van der Waals surface area contributed by atoms with Crippen LogP contribution in [0.15, 0.2) is 11.8 Å². The summed E-state index contributed by atoms with van der Waals surface area (Å²) in [4.78, 5) is 0. The number of halogens is 1. The van der Waals surface area contributed by atoms with E-state index in [-0.39, 0.29) is 0 Å². The molecule has 0 aromatic rings. The van der Waals surface area contributed by atoms with E-state index < -0.39 is 0 Å². The van der Waals surface area contributed by atoms with Gasteiger partial charge in [-0.3, -0.25) is 0 Å². The largest absolute Gasteiger partial charge is 0.501 e. The maximum Gasteiger partial charge on any atom is 0.0952 e. The molecule has 0 radical (unpaired) electrons. The third-order valence-electron chi connectivity index (χ3n) is 4.25. The summed E-state index contributed by atoms with van der Waals surface area (Å²) in [7, 11) is 1.80. The summed E-state index contributed by atoms with van der Waals surface area (Å²) < 4.78 is 5.43. The highest BCUT2D eigenvalue weighted by atomic mass is 35.5. The number of hydrogen-bond donors (Lipinski definition) is 0. The first-order valence-corrected chi connectivity index (χ1v) is 5.63. The molecular formula is C11H15ClO. The number of methoxy groups -OCH3 is 1. The van der Waals surface area contributed by atoms with E-state index in [9.17, 15) is 0 Å². The summed E-state index contributed by atoms with van der Waals surface area (Å²) in [5.74, 6) is 4.37. The predicted octanol–water partition coefficient (Wildman–Crippen LogP) is 2.80. The molecule has 0 saturated heterocycles. The van der Waals surface area contributed by atoms with Gasteiger partial charge < -0.3 is 4.74 Å². The van der Waals surface area contributed by atoms with Crippen molar-refractivity contribution in [3.63, 3.8) is 0 Å². The Bertz CT molecular complexity index is 261. The minimum Gasteiger partial charge on any atom is -0.501 e. The van der Waals surface area contributed by atoms with E-state index in [1.54, 1.807) is 7.11 Å². The second-order valence-corrected chi connectivity index (χ2v) is 5.21. The van der Waals surface area contributed by atoms with Crippen LogP contribution in [0, 0.1) is 23.7 Å². The van der Waals surface area contributed by atoms with Crippen molar-refractivity contribution in [3.05, 3.63) is 11.8 Å². The van der Waals surface area contributed by atoms with E-state index in [0.717, 1.165) is 11.8 Å². The summed E-state index contributed by atoms with van der Waals surface area (Å²) in [6, 6.07) is 0. The lowest BCUT2D eigenvalue weighted by atomic mass is 9.80. The average Bonchev–Trinajstić information content (AvgIpc) is 2.71. The second-order valence-electron chi connectivity index (χ2n) is 4.65. The van der Waals surface area contributed by atoms with Gasteiger partial charge >= 0.3 is 0 Å². The van der Waals surface area contributed by atoms with Gasteiger partial charge in [0.1, 0.15) is 0 Å². The third kappa shape index (κ3) is 0.942. The number of allylic oxidation sites excluding steroid dienone is 2. The van der Waals surface area contributed by atoms with Crippen molar-refractivity contribution in [3.8, 4) is 0 Å². The Kier molecular flexibility index (Phi) is 1.67. The molecule has 0 aliphatic heterocycles. The molecule has 0 N–H and O–H groups in total. The van der Waals surface area contributed by atoms with Gasteiger partial charge in [-0.1, -0.05) is 0 Å². The van der Waals surface area contributed by atoms with Gasteiger partial charge in [0.05, 0.1) is 12.9 Å². The Labute approximate surface area is 84.1 Å². The highest BCUT2D eigenvalue weighted by molar-refractivity contribution is 6.21. The van der Waals surface area contributed by atoms with Crippen molar-refractivity contribution in [2.24, 2.45) is 23.7 Å². The topological polar surface area (TPSA) is 9.23 Å². The van der Waals surface area contributed by atoms with Crippen LogP contribution in [-0.2, 0) is 4.74 Å². The van der Waals surface area contributed by atoms with E-state index in [1.807, 2.05) is 0 Å². The molecular weight excluding hydrogens is 184 g/mol. The first kappa shape index (κ1) is 8.16. The molecule has 0 unspecified atom stereocenters. The van der Waals surface area contributed by atoms with Crippen LogP contribution >= 0.6 is 11.6 Å². The fourth-order valence-electron chi connectivity index (χ4n) is 3.76.